The van der Waals surface area contributed by atoms with Crippen molar-refractivity contribution in [2.75, 3.05) is 13.1 Å². The van der Waals surface area contributed by atoms with E-state index in [9.17, 15) is 19.2 Å². The summed E-state index contributed by atoms with van der Waals surface area (Å²) in [6, 6.07) is 5.37. The fourth-order valence-corrected chi connectivity index (χ4v) is 4.13. The average molecular weight is 448 g/mol. The van der Waals surface area contributed by atoms with Gasteiger partial charge in [0.05, 0.1) is 23.2 Å². The summed E-state index contributed by atoms with van der Waals surface area (Å²) >= 11 is 0. The van der Waals surface area contributed by atoms with Crippen molar-refractivity contribution >= 4 is 23.6 Å². The van der Waals surface area contributed by atoms with E-state index < -0.39 is 11.9 Å². The molecule has 1 saturated carbocycles. The number of benzene rings is 1. The highest BCUT2D eigenvalue weighted by molar-refractivity contribution is 5.93. The fourth-order valence-electron chi connectivity index (χ4n) is 4.13. The van der Waals surface area contributed by atoms with Crippen molar-refractivity contribution in [3.05, 3.63) is 35.4 Å². The molecule has 1 aliphatic carbocycles. The third-order valence-corrected chi connectivity index (χ3v) is 5.92. The van der Waals surface area contributed by atoms with Gasteiger partial charge < -0.3 is 26.6 Å². The quantitative estimate of drug-likeness (QED) is 0.457. The molecule has 2 atom stereocenters. The molecule has 2 heterocycles. The third-order valence-electron chi connectivity index (χ3n) is 5.92. The van der Waals surface area contributed by atoms with E-state index in [1.54, 1.807) is 0 Å². The Morgan fingerprint density at radius 2 is 1.28 bits per heavy atom. The van der Waals surface area contributed by atoms with Crippen LogP contribution in [0.15, 0.2) is 24.3 Å². The molecule has 176 valence electrons. The van der Waals surface area contributed by atoms with Crippen molar-refractivity contribution in [2.45, 2.75) is 63.5 Å². The maximum absolute atomic E-state index is 11.8. The maximum Gasteiger partial charge on any atom is 0.335 e. The topological polar surface area (TPSA) is 159 Å². The number of carbonyl (C=O) groups is 4. The van der Waals surface area contributed by atoms with Crippen LogP contribution in [-0.2, 0) is 9.59 Å². The molecule has 1 aromatic carbocycles. The Kier molecular flexibility index (Phi) is 10.3. The van der Waals surface area contributed by atoms with Crippen LogP contribution in [0.4, 0.5) is 0 Å². The minimum Gasteiger partial charge on any atom is -0.478 e. The smallest absolute Gasteiger partial charge is 0.335 e. The molecule has 2 aliphatic heterocycles. The van der Waals surface area contributed by atoms with E-state index in [1.165, 1.54) is 37.5 Å². The van der Waals surface area contributed by atoms with Gasteiger partial charge in [0, 0.05) is 5.92 Å². The Morgan fingerprint density at radius 3 is 1.66 bits per heavy atom. The molecule has 0 bridgehead atoms. The largest absolute Gasteiger partial charge is 0.478 e. The molecule has 2 saturated heterocycles. The first-order valence-electron chi connectivity index (χ1n) is 11.2. The summed E-state index contributed by atoms with van der Waals surface area (Å²) in [5, 5.41) is 23.3. The summed E-state index contributed by atoms with van der Waals surface area (Å²) < 4.78 is 0. The standard InChI is InChI=1S/C10H17NO.C8H6O4.C5H10N2O/c12-10(8-4-1-2-5-8)9-6-3-7-11-9;9-7(10)5-2-1-3-6(4-5)8(11)12;6-5(8)4-2-1-3-7-4/h8-9,11H,1-7H2;1-4H,(H,9,10)(H,11,12);4,7H,1-3H2,(H2,6,8)/t;;4-/m..0/s1. The molecular formula is C23H33N3O6. The summed E-state index contributed by atoms with van der Waals surface area (Å²) in [5.74, 6) is -1.57. The van der Waals surface area contributed by atoms with E-state index in [1.807, 2.05) is 0 Å². The predicted octanol–water partition coefficient (Wildman–Crippen LogP) is 1.80. The van der Waals surface area contributed by atoms with Crippen molar-refractivity contribution in [3.8, 4) is 0 Å². The number of aromatic carboxylic acids is 2. The van der Waals surface area contributed by atoms with Crippen molar-refractivity contribution in [1.82, 2.24) is 10.6 Å². The molecule has 0 radical (unpaired) electrons. The second-order valence-corrected chi connectivity index (χ2v) is 8.28. The predicted molar refractivity (Wildman–Crippen MR) is 119 cm³/mol. The first-order valence-corrected chi connectivity index (χ1v) is 11.2. The van der Waals surface area contributed by atoms with E-state index in [0.29, 0.717) is 11.7 Å². The van der Waals surface area contributed by atoms with E-state index in [0.717, 1.165) is 51.3 Å². The summed E-state index contributed by atoms with van der Waals surface area (Å²) in [6.45, 7) is 1.98. The minimum absolute atomic E-state index is 0.0186. The number of rotatable bonds is 5. The zero-order valence-electron chi connectivity index (χ0n) is 18.2. The molecule has 4 rings (SSSR count). The zero-order chi connectivity index (χ0) is 23.5. The zero-order valence-corrected chi connectivity index (χ0v) is 18.2. The van der Waals surface area contributed by atoms with Crippen molar-refractivity contribution in [1.29, 1.82) is 0 Å². The van der Waals surface area contributed by atoms with Crippen LogP contribution in [0.3, 0.4) is 0 Å². The number of amides is 1. The van der Waals surface area contributed by atoms with Crippen LogP contribution in [0.1, 0.15) is 72.1 Å². The number of nitrogens with one attached hydrogen (secondary N) is 2. The molecule has 0 spiro atoms. The number of ketones is 1. The number of carboxylic acids is 2. The first-order chi connectivity index (χ1) is 15.3. The molecule has 0 aromatic heterocycles. The maximum atomic E-state index is 11.8. The Hall–Kier alpha value is -2.78. The van der Waals surface area contributed by atoms with Gasteiger partial charge in [-0.05, 0) is 69.8 Å². The SMILES string of the molecule is NC(=O)[C@@H]1CCCN1.O=C(C1CCCC1)C1CCCN1.O=C(O)c1cccc(C(=O)O)c1. The van der Waals surface area contributed by atoms with E-state index in [2.05, 4.69) is 10.6 Å². The molecule has 1 aromatic rings. The normalized spacial score (nSPS) is 22.2. The number of carboxylic acid groups (broad SMARTS) is 2. The van der Waals surface area contributed by atoms with Gasteiger partial charge in [-0.2, -0.15) is 0 Å². The first kappa shape index (κ1) is 25.5. The van der Waals surface area contributed by atoms with Crippen LogP contribution in [0.5, 0.6) is 0 Å². The van der Waals surface area contributed by atoms with Gasteiger partial charge in [0.15, 0.2) is 5.78 Å². The average Bonchev–Trinajstić information content (AvgIpc) is 3.57. The van der Waals surface area contributed by atoms with Gasteiger partial charge in [0.1, 0.15) is 0 Å². The number of nitrogens with two attached hydrogens (primary N) is 1. The van der Waals surface area contributed by atoms with E-state index in [-0.39, 0.29) is 29.1 Å². The van der Waals surface area contributed by atoms with Gasteiger partial charge in [-0.25, -0.2) is 9.59 Å². The van der Waals surface area contributed by atoms with E-state index >= 15 is 0 Å². The lowest BCUT2D eigenvalue weighted by molar-refractivity contribution is -0.124. The number of hydrogen-bond acceptors (Lipinski definition) is 6. The molecule has 1 amide bonds. The molecule has 9 nitrogen and oxygen atoms in total. The minimum atomic E-state index is -1.13. The summed E-state index contributed by atoms with van der Waals surface area (Å²) in [7, 11) is 0. The lowest BCUT2D eigenvalue weighted by atomic mass is 9.96. The molecule has 3 fully saturated rings. The van der Waals surface area contributed by atoms with Crippen molar-refractivity contribution in [3.63, 3.8) is 0 Å². The second-order valence-electron chi connectivity index (χ2n) is 8.28. The Labute approximate surface area is 187 Å². The highest BCUT2D eigenvalue weighted by Crippen LogP contribution is 2.27. The molecular weight excluding hydrogens is 414 g/mol. The lowest BCUT2D eigenvalue weighted by Crippen LogP contribution is -2.36. The molecule has 6 N–H and O–H groups in total. The van der Waals surface area contributed by atoms with Gasteiger partial charge in [0.25, 0.3) is 0 Å². The number of hydrogen-bond donors (Lipinski definition) is 5. The van der Waals surface area contributed by atoms with Crippen LogP contribution in [0.2, 0.25) is 0 Å². The van der Waals surface area contributed by atoms with Crippen LogP contribution in [0, 0.1) is 5.92 Å². The van der Waals surface area contributed by atoms with Crippen LogP contribution >= 0.6 is 0 Å². The van der Waals surface area contributed by atoms with Gasteiger partial charge in [-0.1, -0.05) is 18.9 Å². The molecule has 1 unspecified atom stereocenters. The van der Waals surface area contributed by atoms with Gasteiger partial charge in [0.2, 0.25) is 5.91 Å². The summed E-state index contributed by atoms with van der Waals surface area (Å²) in [5.41, 5.74) is 4.96. The molecule has 9 heteroatoms. The number of Topliss-reactive ketones (excluding diaryl/α,β-unsaturated/α-hetero) is 1. The molecule has 32 heavy (non-hydrogen) atoms. The number of primary amides is 1. The van der Waals surface area contributed by atoms with Crippen LogP contribution < -0.4 is 16.4 Å². The van der Waals surface area contributed by atoms with Crippen molar-refractivity contribution < 1.29 is 29.4 Å². The summed E-state index contributed by atoms with van der Waals surface area (Å²) in [6.07, 6.45) is 9.09. The molecule has 3 aliphatic rings. The van der Waals surface area contributed by atoms with Gasteiger partial charge in [-0.3, -0.25) is 9.59 Å². The Bertz CT molecular complexity index is 747. The highest BCUT2D eigenvalue weighted by Gasteiger charge is 2.30. The Balaban J connectivity index is 0.000000174. The summed E-state index contributed by atoms with van der Waals surface area (Å²) in [4.78, 5) is 42.9. The Morgan fingerprint density at radius 1 is 0.781 bits per heavy atom. The highest BCUT2D eigenvalue weighted by atomic mass is 16.4. The lowest BCUT2D eigenvalue weighted by Gasteiger charge is -2.13. The van der Waals surface area contributed by atoms with Crippen molar-refractivity contribution in [2.24, 2.45) is 11.7 Å². The second kappa shape index (κ2) is 12.9. The monoisotopic (exact) mass is 447 g/mol. The van der Waals surface area contributed by atoms with Gasteiger partial charge >= 0.3 is 11.9 Å². The van der Waals surface area contributed by atoms with E-state index in [4.69, 9.17) is 15.9 Å². The fraction of sp³-hybridized carbons (Fsp3) is 0.565. The third kappa shape index (κ3) is 8.05. The van der Waals surface area contributed by atoms with Crippen LogP contribution in [-0.4, -0.2) is 59.0 Å². The van der Waals surface area contributed by atoms with Gasteiger partial charge in [-0.15, -0.1) is 0 Å². The number of carbonyl (C=O) groups excluding carboxylic acids is 2. The van der Waals surface area contributed by atoms with Crippen LogP contribution in [0.25, 0.3) is 0 Å².